The maximum atomic E-state index is 11.9. The van der Waals surface area contributed by atoms with Gasteiger partial charge >= 0.3 is 0 Å². The smallest absolute Gasteiger partial charge is 0.277 e. The molecule has 1 amide bonds. The van der Waals surface area contributed by atoms with Crippen molar-refractivity contribution < 1.29 is 19.0 Å². The second-order valence-electron chi connectivity index (χ2n) is 6.21. The normalized spacial score (nSPS) is 10.6. The molecule has 1 N–H and O–H groups in total. The third-order valence-corrected chi connectivity index (χ3v) is 4.76. The molecule has 0 heterocycles. The van der Waals surface area contributed by atoms with Crippen LogP contribution in [0.1, 0.15) is 11.1 Å². The average molecular weight is 469 g/mol. The topological polar surface area (TPSA) is 69.2 Å². The van der Waals surface area contributed by atoms with Crippen molar-refractivity contribution in [2.75, 3.05) is 13.7 Å². The highest BCUT2D eigenvalue weighted by atomic mass is 79.9. The Labute approximate surface area is 183 Å². The molecule has 0 unspecified atom stereocenters. The second kappa shape index (κ2) is 11.0. The van der Waals surface area contributed by atoms with Crippen molar-refractivity contribution in [1.29, 1.82) is 0 Å². The summed E-state index contributed by atoms with van der Waals surface area (Å²) >= 11 is 3.47. The summed E-state index contributed by atoms with van der Waals surface area (Å²) in [5.74, 6) is 1.63. The first kappa shape index (κ1) is 21.4. The number of hydrogen-bond donors (Lipinski definition) is 1. The first-order valence-electron chi connectivity index (χ1n) is 9.19. The van der Waals surface area contributed by atoms with Crippen LogP contribution >= 0.6 is 15.9 Å². The summed E-state index contributed by atoms with van der Waals surface area (Å²) in [4.78, 5) is 11.9. The fraction of sp³-hybridized carbons (Fsp3) is 0.130. The first-order chi connectivity index (χ1) is 14.6. The van der Waals surface area contributed by atoms with Gasteiger partial charge in [-0.25, -0.2) is 5.43 Å². The Morgan fingerprint density at radius 2 is 1.67 bits per heavy atom. The number of methoxy groups -OCH3 is 1. The number of hydrazone groups is 1. The second-order valence-corrected chi connectivity index (χ2v) is 7.07. The highest BCUT2D eigenvalue weighted by molar-refractivity contribution is 9.10. The molecule has 0 aliphatic carbocycles. The SMILES string of the molecule is COc1ccc(OCC(=O)NN=Cc2cc(OCc3ccccc3)ccc2Br)cc1. The zero-order valence-electron chi connectivity index (χ0n) is 16.4. The summed E-state index contributed by atoms with van der Waals surface area (Å²) in [5, 5.41) is 3.99. The number of nitrogens with zero attached hydrogens (tertiary/aromatic N) is 1. The predicted octanol–water partition coefficient (Wildman–Crippen LogP) is 4.57. The molecular formula is C23H21BrN2O4. The lowest BCUT2D eigenvalue weighted by Crippen LogP contribution is -2.24. The first-order valence-corrected chi connectivity index (χ1v) is 9.98. The fourth-order valence-corrected chi connectivity index (χ4v) is 2.83. The molecule has 30 heavy (non-hydrogen) atoms. The Morgan fingerprint density at radius 3 is 2.40 bits per heavy atom. The number of carbonyl (C=O) groups is 1. The van der Waals surface area contributed by atoms with Crippen molar-refractivity contribution in [3.63, 3.8) is 0 Å². The third-order valence-electron chi connectivity index (χ3n) is 4.04. The number of ether oxygens (including phenoxy) is 3. The highest BCUT2D eigenvalue weighted by Crippen LogP contribution is 2.22. The van der Waals surface area contributed by atoms with E-state index >= 15 is 0 Å². The lowest BCUT2D eigenvalue weighted by Gasteiger charge is -2.08. The van der Waals surface area contributed by atoms with Crippen molar-refractivity contribution in [2.45, 2.75) is 6.61 Å². The monoisotopic (exact) mass is 468 g/mol. The van der Waals surface area contributed by atoms with Crippen molar-refractivity contribution in [2.24, 2.45) is 5.10 Å². The Balaban J connectivity index is 1.50. The summed E-state index contributed by atoms with van der Waals surface area (Å²) in [5.41, 5.74) is 4.31. The van der Waals surface area contributed by atoms with Gasteiger partial charge < -0.3 is 14.2 Å². The van der Waals surface area contributed by atoms with E-state index < -0.39 is 0 Å². The van der Waals surface area contributed by atoms with Crippen LogP contribution in [0.5, 0.6) is 17.2 Å². The van der Waals surface area contributed by atoms with E-state index in [0.29, 0.717) is 18.1 Å². The summed E-state index contributed by atoms with van der Waals surface area (Å²) < 4.78 is 17.2. The van der Waals surface area contributed by atoms with E-state index in [4.69, 9.17) is 14.2 Å². The molecule has 7 heteroatoms. The van der Waals surface area contributed by atoms with Crippen LogP contribution in [0.3, 0.4) is 0 Å². The largest absolute Gasteiger partial charge is 0.497 e. The minimum atomic E-state index is -0.366. The van der Waals surface area contributed by atoms with E-state index in [1.165, 1.54) is 0 Å². The molecule has 0 bridgehead atoms. The molecule has 0 fully saturated rings. The van der Waals surface area contributed by atoms with E-state index in [2.05, 4.69) is 26.5 Å². The molecule has 0 aromatic heterocycles. The molecular weight excluding hydrogens is 448 g/mol. The molecule has 0 atom stereocenters. The van der Waals surface area contributed by atoms with E-state index in [0.717, 1.165) is 21.3 Å². The van der Waals surface area contributed by atoms with Crippen LogP contribution in [0.25, 0.3) is 0 Å². The number of halogens is 1. The van der Waals surface area contributed by atoms with Gasteiger partial charge in [-0.1, -0.05) is 46.3 Å². The average Bonchev–Trinajstić information content (AvgIpc) is 2.79. The van der Waals surface area contributed by atoms with Crippen molar-refractivity contribution in [3.8, 4) is 17.2 Å². The van der Waals surface area contributed by atoms with Crippen LogP contribution in [-0.2, 0) is 11.4 Å². The van der Waals surface area contributed by atoms with Crippen LogP contribution in [0.4, 0.5) is 0 Å². The Kier molecular flexibility index (Phi) is 7.86. The van der Waals surface area contributed by atoms with Gasteiger partial charge in [0.25, 0.3) is 5.91 Å². The maximum Gasteiger partial charge on any atom is 0.277 e. The quantitative estimate of drug-likeness (QED) is 0.369. The number of rotatable bonds is 9. The zero-order chi connectivity index (χ0) is 21.2. The van der Waals surface area contributed by atoms with Crippen LogP contribution in [-0.4, -0.2) is 25.8 Å². The van der Waals surface area contributed by atoms with Gasteiger partial charge in [0.2, 0.25) is 0 Å². The summed E-state index contributed by atoms with van der Waals surface area (Å²) in [6, 6.07) is 22.5. The number of carbonyl (C=O) groups excluding carboxylic acids is 1. The number of amides is 1. The fourth-order valence-electron chi connectivity index (χ4n) is 2.48. The molecule has 6 nitrogen and oxygen atoms in total. The molecule has 0 radical (unpaired) electrons. The molecule has 3 rings (SSSR count). The van der Waals surface area contributed by atoms with Crippen LogP contribution in [0, 0.1) is 0 Å². The van der Waals surface area contributed by atoms with Crippen molar-refractivity contribution in [1.82, 2.24) is 5.43 Å². The van der Waals surface area contributed by atoms with Gasteiger partial charge in [0.15, 0.2) is 6.61 Å². The molecule has 3 aromatic carbocycles. The lowest BCUT2D eigenvalue weighted by atomic mass is 10.2. The van der Waals surface area contributed by atoms with Gasteiger partial charge in [0.05, 0.1) is 13.3 Å². The number of benzene rings is 3. The van der Waals surface area contributed by atoms with Crippen molar-refractivity contribution >= 4 is 28.1 Å². The molecule has 0 aliphatic heterocycles. The molecule has 0 saturated carbocycles. The van der Waals surface area contributed by atoms with Crippen LogP contribution in [0.2, 0.25) is 0 Å². The summed E-state index contributed by atoms with van der Waals surface area (Å²) in [6.45, 7) is 0.323. The van der Waals surface area contributed by atoms with Gasteiger partial charge in [-0.15, -0.1) is 0 Å². The van der Waals surface area contributed by atoms with E-state index in [-0.39, 0.29) is 12.5 Å². The standard InChI is InChI=1S/C23H21BrN2O4/c1-28-19-7-9-20(10-8-19)30-16-23(27)26-25-14-18-13-21(11-12-22(18)24)29-15-17-5-3-2-4-6-17/h2-14H,15-16H2,1H3,(H,26,27). The molecule has 154 valence electrons. The minimum Gasteiger partial charge on any atom is -0.497 e. The zero-order valence-corrected chi connectivity index (χ0v) is 18.0. The summed E-state index contributed by atoms with van der Waals surface area (Å²) in [6.07, 6.45) is 1.55. The van der Waals surface area contributed by atoms with Crippen molar-refractivity contribution in [3.05, 3.63) is 88.4 Å². The molecule has 3 aromatic rings. The van der Waals surface area contributed by atoms with Crippen LogP contribution < -0.4 is 19.6 Å². The molecule has 0 aliphatic rings. The van der Waals surface area contributed by atoms with Gasteiger partial charge in [-0.05, 0) is 48.0 Å². The van der Waals surface area contributed by atoms with Crippen LogP contribution in [0.15, 0.2) is 82.4 Å². The van der Waals surface area contributed by atoms with Gasteiger partial charge in [0.1, 0.15) is 23.9 Å². The van der Waals surface area contributed by atoms with Gasteiger partial charge in [-0.3, -0.25) is 4.79 Å². The highest BCUT2D eigenvalue weighted by Gasteiger charge is 2.04. The molecule has 0 spiro atoms. The van der Waals surface area contributed by atoms with E-state index in [1.54, 1.807) is 37.6 Å². The number of nitrogens with one attached hydrogen (secondary N) is 1. The maximum absolute atomic E-state index is 11.9. The number of hydrogen-bond acceptors (Lipinski definition) is 5. The molecule has 0 saturated heterocycles. The lowest BCUT2D eigenvalue weighted by molar-refractivity contribution is -0.123. The third kappa shape index (κ3) is 6.63. The van der Waals surface area contributed by atoms with Gasteiger partial charge in [-0.2, -0.15) is 5.10 Å². The van der Waals surface area contributed by atoms with E-state index in [1.807, 2.05) is 48.5 Å². The van der Waals surface area contributed by atoms with E-state index in [9.17, 15) is 4.79 Å². The Morgan fingerprint density at radius 1 is 0.967 bits per heavy atom. The Hall–Kier alpha value is -3.32. The predicted molar refractivity (Wildman–Crippen MR) is 119 cm³/mol. The Bertz CT molecular complexity index is 992. The minimum absolute atomic E-state index is 0.148. The van der Waals surface area contributed by atoms with Gasteiger partial charge in [0, 0.05) is 10.0 Å². The summed E-state index contributed by atoms with van der Waals surface area (Å²) in [7, 11) is 1.59.